The molecule has 21 heavy (non-hydrogen) atoms. The first kappa shape index (κ1) is 15.4. The molecule has 1 aliphatic carbocycles. The molecule has 0 saturated heterocycles. The molecule has 0 unspecified atom stereocenters. The van der Waals surface area contributed by atoms with Crippen LogP contribution < -0.4 is 11.5 Å². The largest absolute Gasteiger partial charge is 0.389 e. The number of nitrogens with zero attached hydrogens (tertiary/aromatic N) is 1. The van der Waals surface area contributed by atoms with E-state index in [0.29, 0.717) is 11.1 Å². The third-order valence-corrected chi connectivity index (χ3v) is 3.98. The summed E-state index contributed by atoms with van der Waals surface area (Å²) in [5, 5.41) is 0. The Kier molecular flexibility index (Phi) is 4.90. The minimum absolute atomic E-state index is 0.0548. The number of carbonyl (C=O) groups is 2. The maximum atomic E-state index is 12.7. The molecule has 2 amide bonds. The number of thiocarbonyl (C=S) groups is 1. The Labute approximate surface area is 129 Å². The van der Waals surface area contributed by atoms with E-state index in [4.69, 9.17) is 23.7 Å². The first-order chi connectivity index (χ1) is 9.99. The molecule has 1 fully saturated rings. The number of hydrogen-bond acceptors (Lipinski definition) is 3. The minimum atomic E-state index is -0.499. The van der Waals surface area contributed by atoms with E-state index in [-0.39, 0.29) is 23.5 Å². The molecule has 5 nitrogen and oxygen atoms in total. The van der Waals surface area contributed by atoms with Crippen molar-refractivity contribution in [3.63, 3.8) is 0 Å². The molecule has 112 valence electrons. The van der Waals surface area contributed by atoms with Gasteiger partial charge in [-0.2, -0.15) is 0 Å². The lowest BCUT2D eigenvalue weighted by Gasteiger charge is -2.28. The van der Waals surface area contributed by atoms with Crippen LogP contribution in [0.1, 0.15) is 41.6 Å². The second kappa shape index (κ2) is 6.67. The lowest BCUT2D eigenvalue weighted by molar-refractivity contribution is -0.119. The van der Waals surface area contributed by atoms with Crippen LogP contribution in [-0.2, 0) is 4.79 Å². The van der Waals surface area contributed by atoms with E-state index in [1.807, 2.05) is 0 Å². The smallest absolute Gasteiger partial charge is 0.254 e. The van der Waals surface area contributed by atoms with Crippen molar-refractivity contribution in [1.29, 1.82) is 0 Å². The monoisotopic (exact) mass is 305 g/mol. The lowest BCUT2D eigenvalue weighted by atomic mass is 10.1. The van der Waals surface area contributed by atoms with Gasteiger partial charge < -0.3 is 16.4 Å². The van der Waals surface area contributed by atoms with Crippen LogP contribution in [0.3, 0.4) is 0 Å². The zero-order valence-corrected chi connectivity index (χ0v) is 12.6. The van der Waals surface area contributed by atoms with Crippen LogP contribution in [0, 0.1) is 0 Å². The molecule has 0 radical (unpaired) electrons. The quantitative estimate of drug-likeness (QED) is 0.800. The van der Waals surface area contributed by atoms with Gasteiger partial charge in [0.15, 0.2) is 0 Å². The molecular weight excluding hydrogens is 286 g/mol. The zero-order valence-electron chi connectivity index (χ0n) is 11.7. The third kappa shape index (κ3) is 3.78. The summed E-state index contributed by atoms with van der Waals surface area (Å²) in [6, 6.07) is 6.94. The fourth-order valence-corrected chi connectivity index (χ4v) is 2.85. The minimum Gasteiger partial charge on any atom is -0.389 e. The number of carbonyl (C=O) groups excluding carboxylic acids is 2. The van der Waals surface area contributed by atoms with E-state index in [9.17, 15) is 9.59 Å². The summed E-state index contributed by atoms with van der Waals surface area (Å²) in [7, 11) is 0. The third-order valence-electron chi connectivity index (χ3n) is 3.75. The Bertz CT molecular complexity index is 568. The molecule has 1 aromatic carbocycles. The number of primary amides is 1. The van der Waals surface area contributed by atoms with Gasteiger partial charge in [-0.25, -0.2) is 0 Å². The molecule has 1 saturated carbocycles. The Morgan fingerprint density at radius 3 is 2.38 bits per heavy atom. The Morgan fingerprint density at radius 1 is 1.19 bits per heavy atom. The number of amides is 2. The van der Waals surface area contributed by atoms with Crippen molar-refractivity contribution in [2.45, 2.75) is 31.7 Å². The van der Waals surface area contributed by atoms with Gasteiger partial charge in [-0.3, -0.25) is 9.59 Å². The molecule has 6 heteroatoms. The highest BCUT2D eigenvalue weighted by molar-refractivity contribution is 7.80. The van der Waals surface area contributed by atoms with Crippen molar-refractivity contribution < 1.29 is 9.59 Å². The molecule has 1 aliphatic rings. The fourth-order valence-electron chi connectivity index (χ4n) is 2.72. The highest BCUT2D eigenvalue weighted by Gasteiger charge is 2.28. The standard InChI is InChI=1S/C15H19N3O2S/c16-13(19)9-18(12-6-1-2-7-12)15(20)11-5-3-4-10(8-11)14(17)21/h3-5,8,12H,1-2,6-7,9H2,(H2,16,19)(H2,17,21). The molecule has 0 aliphatic heterocycles. The van der Waals surface area contributed by atoms with E-state index >= 15 is 0 Å². The first-order valence-corrected chi connectivity index (χ1v) is 7.39. The van der Waals surface area contributed by atoms with Crippen LogP contribution in [0.15, 0.2) is 24.3 Å². The Morgan fingerprint density at radius 2 is 1.81 bits per heavy atom. The molecule has 0 bridgehead atoms. The second-order valence-electron chi connectivity index (χ2n) is 5.28. The van der Waals surface area contributed by atoms with Gasteiger partial charge in [0.25, 0.3) is 5.91 Å². The summed E-state index contributed by atoms with van der Waals surface area (Å²) in [6.07, 6.45) is 3.96. The SMILES string of the molecule is NC(=O)CN(C(=O)c1cccc(C(N)=S)c1)C1CCCC1. The van der Waals surface area contributed by atoms with Gasteiger partial charge in [0.05, 0.1) is 6.54 Å². The van der Waals surface area contributed by atoms with Crippen molar-refractivity contribution in [3.05, 3.63) is 35.4 Å². The van der Waals surface area contributed by atoms with Gasteiger partial charge in [0.1, 0.15) is 4.99 Å². The van der Waals surface area contributed by atoms with E-state index in [1.165, 1.54) is 0 Å². The van der Waals surface area contributed by atoms with Crippen LogP contribution in [-0.4, -0.2) is 34.3 Å². The predicted octanol–water partition coefficient (Wildman–Crippen LogP) is 1.19. The van der Waals surface area contributed by atoms with Crippen molar-refractivity contribution in [1.82, 2.24) is 4.90 Å². The van der Waals surface area contributed by atoms with Gasteiger partial charge in [-0.1, -0.05) is 37.2 Å². The highest BCUT2D eigenvalue weighted by atomic mass is 32.1. The average Bonchev–Trinajstić information content (AvgIpc) is 2.98. The predicted molar refractivity (Wildman–Crippen MR) is 84.8 cm³/mol. The molecule has 0 spiro atoms. The summed E-state index contributed by atoms with van der Waals surface area (Å²) in [5.74, 6) is -0.695. The molecule has 0 aromatic heterocycles. The van der Waals surface area contributed by atoms with Gasteiger partial charge in [-0.15, -0.1) is 0 Å². The number of nitrogens with two attached hydrogens (primary N) is 2. The Hall–Kier alpha value is -1.95. The lowest BCUT2D eigenvalue weighted by Crippen LogP contribution is -2.44. The molecule has 1 aromatic rings. The Balaban J connectivity index is 2.26. The van der Waals surface area contributed by atoms with Crippen molar-refractivity contribution in [2.24, 2.45) is 11.5 Å². The van der Waals surface area contributed by atoms with Crippen LogP contribution in [0.4, 0.5) is 0 Å². The average molecular weight is 305 g/mol. The van der Waals surface area contributed by atoms with Gasteiger partial charge in [0, 0.05) is 17.2 Å². The van der Waals surface area contributed by atoms with Gasteiger partial charge in [0.2, 0.25) is 5.91 Å². The summed E-state index contributed by atoms with van der Waals surface area (Å²) in [5.41, 5.74) is 12.0. The van der Waals surface area contributed by atoms with E-state index < -0.39 is 5.91 Å². The van der Waals surface area contributed by atoms with E-state index in [0.717, 1.165) is 25.7 Å². The topological polar surface area (TPSA) is 89.4 Å². The van der Waals surface area contributed by atoms with Crippen molar-refractivity contribution in [2.75, 3.05) is 6.54 Å². The first-order valence-electron chi connectivity index (χ1n) is 6.98. The number of rotatable bonds is 5. The van der Waals surface area contributed by atoms with E-state index in [1.54, 1.807) is 29.2 Å². The van der Waals surface area contributed by atoms with Crippen molar-refractivity contribution in [3.8, 4) is 0 Å². The van der Waals surface area contributed by atoms with E-state index in [2.05, 4.69) is 0 Å². The molecular formula is C15H19N3O2S. The molecule has 4 N–H and O–H groups in total. The van der Waals surface area contributed by atoms with Crippen LogP contribution >= 0.6 is 12.2 Å². The number of benzene rings is 1. The molecule has 0 atom stereocenters. The second-order valence-corrected chi connectivity index (χ2v) is 5.72. The van der Waals surface area contributed by atoms with Crippen molar-refractivity contribution >= 4 is 29.0 Å². The van der Waals surface area contributed by atoms with Crippen LogP contribution in [0.2, 0.25) is 0 Å². The van der Waals surface area contributed by atoms with Crippen LogP contribution in [0.25, 0.3) is 0 Å². The zero-order chi connectivity index (χ0) is 15.4. The van der Waals surface area contributed by atoms with Gasteiger partial charge in [-0.05, 0) is 25.0 Å². The fraction of sp³-hybridized carbons (Fsp3) is 0.400. The highest BCUT2D eigenvalue weighted by Crippen LogP contribution is 2.25. The van der Waals surface area contributed by atoms with Gasteiger partial charge >= 0.3 is 0 Å². The summed E-state index contributed by atoms with van der Waals surface area (Å²) < 4.78 is 0. The maximum Gasteiger partial charge on any atom is 0.254 e. The number of hydrogen-bond donors (Lipinski definition) is 2. The van der Waals surface area contributed by atoms with Crippen LogP contribution in [0.5, 0.6) is 0 Å². The summed E-state index contributed by atoms with van der Waals surface area (Å²) >= 11 is 4.93. The summed E-state index contributed by atoms with van der Waals surface area (Å²) in [4.78, 5) is 25.8. The maximum absolute atomic E-state index is 12.7. The summed E-state index contributed by atoms with van der Waals surface area (Å²) in [6.45, 7) is -0.0548. The molecule has 0 heterocycles. The molecule has 2 rings (SSSR count). The normalized spacial score (nSPS) is 14.9.